The zero-order valence-corrected chi connectivity index (χ0v) is 13.0. The van der Waals surface area contributed by atoms with Gasteiger partial charge in [0.25, 0.3) is 0 Å². The van der Waals surface area contributed by atoms with Crippen molar-refractivity contribution in [2.24, 2.45) is 0 Å². The van der Waals surface area contributed by atoms with Gasteiger partial charge in [-0.1, -0.05) is 45.2 Å². The number of benzene rings is 2. The summed E-state index contributed by atoms with van der Waals surface area (Å²) in [6, 6.07) is 10.2. The van der Waals surface area contributed by atoms with Gasteiger partial charge in [0.15, 0.2) is 0 Å². The van der Waals surface area contributed by atoms with Crippen LogP contribution in [0.15, 0.2) is 45.8 Å². The van der Waals surface area contributed by atoms with Crippen molar-refractivity contribution in [1.82, 2.24) is 0 Å². The molecule has 18 heavy (non-hydrogen) atoms. The van der Waals surface area contributed by atoms with Crippen LogP contribution in [0.2, 0.25) is 10.0 Å². The van der Waals surface area contributed by atoms with E-state index in [2.05, 4.69) is 15.9 Å². The highest BCUT2D eigenvalue weighted by Crippen LogP contribution is 2.31. The van der Waals surface area contributed by atoms with E-state index >= 15 is 0 Å². The summed E-state index contributed by atoms with van der Waals surface area (Å²) in [6.07, 6.45) is 0. The van der Waals surface area contributed by atoms with Gasteiger partial charge in [-0.25, -0.2) is 4.39 Å². The summed E-state index contributed by atoms with van der Waals surface area (Å²) >= 11 is 16.8. The molecule has 0 heterocycles. The predicted molar refractivity (Wildman–Crippen MR) is 80.1 cm³/mol. The van der Waals surface area contributed by atoms with E-state index in [4.69, 9.17) is 23.2 Å². The van der Waals surface area contributed by atoms with Crippen LogP contribution >= 0.6 is 50.9 Å². The van der Waals surface area contributed by atoms with Crippen LogP contribution in [0.3, 0.4) is 0 Å². The van der Waals surface area contributed by atoms with Gasteiger partial charge in [-0.05, 0) is 35.9 Å². The third-order valence-corrected chi connectivity index (χ3v) is 4.82. The summed E-state index contributed by atoms with van der Waals surface area (Å²) in [4.78, 5) is 1.03. The Kier molecular flexibility index (Phi) is 4.96. The molecule has 2 aromatic carbocycles. The molecule has 0 bridgehead atoms. The van der Waals surface area contributed by atoms with E-state index < -0.39 is 0 Å². The summed E-state index contributed by atoms with van der Waals surface area (Å²) in [5, 5.41) is 1.09. The molecule has 94 valence electrons. The molecule has 0 aromatic heterocycles. The molecule has 0 aliphatic carbocycles. The topological polar surface area (TPSA) is 0 Å². The number of thioether (sulfide) groups is 1. The largest absolute Gasteiger partial charge is 0.207 e. The fraction of sp³-hybridized carbons (Fsp3) is 0.0769. The van der Waals surface area contributed by atoms with Crippen molar-refractivity contribution < 1.29 is 4.39 Å². The van der Waals surface area contributed by atoms with E-state index in [0.717, 1.165) is 20.7 Å². The zero-order valence-electron chi connectivity index (χ0n) is 9.09. The summed E-state index contributed by atoms with van der Waals surface area (Å²) < 4.78 is 13.7. The zero-order chi connectivity index (χ0) is 13.1. The van der Waals surface area contributed by atoms with E-state index in [1.165, 1.54) is 12.1 Å². The first kappa shape index (κ1) is 14.2. The maximum absolute atomic E-state index is 12.9. The Bertz CT molecular complexity index is 575. The highest BCUT2D eigenvalue weighted by Gasteiger charge is 2.04. The average molecular weight is 366 g/mol. The molecule has 2 rings (SSSR count). The minimum Gasteiger partial charge on any atom is -0.207 e. The van der Waals surface area contributed by atoms with Gasteiger partial charge in [0.1, 0.15) is 5.82 Å². The Balaban J connectivity index is 2.09. The minimum atomic E-state index is -0.245. The standard InChI is InChI=1S/C13H8BrCl2FS/c14-11-5-9(17)2-1-8(11)7-18-10-3-4-12(15)13(16)6-10/h1-6H,7H2. The van der Waals surface area contributed by atoms with Crippen molar-refractivity contribution in [2.75, 3.05) is 0 Å². The van der Waals surface area contributed by atoms with Crippen molar-refractivity contribution in [2.45, 2.75) is 10.6 Å². The van der Waals surface area contributed by atoms with Gasteiger partial charge < -0.3 is 0 Å². The molecule has 0 amide bonds. The van der Waals surface area contributed by atoms with Crippen molar-refractivity contribution in [3.05, 3.63) is 62.3 Å². The van der Waals surface area contributed by atoms with Crippen LogP contribution in [0.25, 0.3) is 0 Å². The van der Waals surface area contributed by atoms with Gasteiger partial charge in [0.2, 0.25) is 0 Å². The van der Waals surface area contributed by atoms with Gasteiger partial charge in [-0.15, -0.1) is 11.8 Å². The molecule has 0 radical (unpaired) electrons. The van der Waals surface area contributed by atoms with Gasteiger partial charge in [-0.2, -0.15) is 0 Å². The average Bonchev–Trinajstić information content (AvgIpc) is 2.32. The molecule has 0 saturated carbocycles. The summed E-state index contributed by atoms with van der Waals surface area (Å²) in [7, 11) is 0. The first-order valence-corrected chi connectivity index (χ1v) is 7.61. The van der Waals surface area contributed by atoms with E-state index in [1.54, 1.807) is 23.9 Å². The third-order valence-electron chi connectivity index (χ3n) is 2.30. The summed E-state index contributed by atoms with van der Waals surface area (Å²) in [5.74, 6) is 0.490. The van der Waals surface area contributed by atoms with Gasteiger partial charge in [0, 0.05) is 15.1 Å². The van der Waals surface area contributed by atoms with Crippen LogP contribution in [0.5, 0.6) is 0 Å². The molecule has 0 saturated heterocycles. The van der Waals surface area contributed by atoms with Gasteiger partial charge >= 0.3 is 0 Å². The molecule has 0 spiro atoms. The van der Waals surface area contributed by atoms with Crippen LogP contribution in [0.1, 0.15) is 5.56 Å². The van der Waals surface area contributed by atoms with Crippen molar-refractivity contribution in [3.63, 3.8) is 0 Å². The molecule has 0 unspecified atom stereocenters. The summed E-state index contributed by atoms with van der Waals surface area (Å²) in [6.45, 7) is 0. The molecule has 0 fully saturated rings. The Morgan fingerprint density at radius 3 is 2.50 bits per heavy atom. The van der Waals surface area contributed by atoms with Crippen LogP contribution in [0.4, 0.5) is 4.39 Å². The number of halogens is 4. The molecule has 0 aliphatic rings. The second kappa shape index (κ2) is 6.29. The number of rotatable bonds is 3. The van der Waals surface area contributed by atoms with Gasteiger partial charge in [-0.3, -0.25) is 0 Å². The number of hydrogen-bond acceptors (Lipinski definition) is 1. The van der Waals surface area contributed by atoms with Crippen molar-refractivity contribution in [1.29, 1.82) is 0 Å². The molecular formula is C13H8BrCl2FS. The molecule has 2 aromatic rings. The Hall–Kier alpha value is -0.220. The van der Waals surface area contributed by atoms with Crippen LogP contribution in [-0.4, -0.2) is 0 Å². The molecule has 0 N–H and O–H groups in total. The first-order valence-electron chi connectivity index (χ1n) is 5.08. The lowest BCUT2D eigenvalue weighted by molar-refractivity contribution is 0.626. The number of hydrogen-bond donors (Lipinski definition) is 0. The van der Waals surface area contributed by atoms with Crippen LogP contribution in [-0.2, 0) is 5.75 Å². The smallest absolute Gasteiger partial charge is 0.124 e. The van der Waals surface area contributed by atoms with Gasteiger partial charge in [0.05, 0.1) is 10.0 Å². The lowest BCUT2D eigenvalue weighted by atomic mass is 10.2. The Morgan fingerprint density at radius 2 is 1.83 bits per heavy atom. The normalized spacial score (nSPS) is 10.7. The highest BCUT2D eigenvalue weighted by atomic mass is 79.9. The fourth-order valence-electron chi connectivity index (χ4n) is 1.37. The second-order valence-corrected chi connectivity index (χ2v) is 6.32. The quantitative estimate of drug-likeness (QED) is 0.584. The fourth-order valence-corrected chi connectivity index (χ4v) is 3.35. The van der Waals surface area contributed by atoms with E-state index in [-0.39, 0.29) is 5.82 Å². The maximum Gasteiger partial charge on any atom is 0.124 e. The SMILES string of the molecule is Fc1ccc(CSc2ccc(Cl)c(Cl)c2)c(Br)c1. The lowest BCUT2D eigenvalue weighted by Crippen LogP contribution is -1.85. The Labute approximate surface area is 128 Å². The van der Waals surface area contributed by atoms with E-state index in [1.807, 2.05) is 12.1 Å². The van der Waals surface area contributed by atoms with Crippen LogP contribution < -0.4 is 0 Å². The second-order valence-electron chi connectivity index (χ2n) is 3.60. The molecule has 0 atom stereocenters. The lowest BCUT2D eigenvalue weighted by Gasteiger charge is -2.05. The molecule has 0 aliphatic heterocycles. The monoisotopic (exact) mass is 364 g/mol. The van der Waals surface area contributed by atoms with Crippen molar-refractivity contribution >= 4 is 50.9 Å². The molecule has 0 nitrogen and oxygen atoms in total. The first-order chi connectivity index (χ1) is 8.56. The molecular weight excluding hydrogens is 358 g/mol. The Morgan fingerprint density at radius 1 is 1.06 bits per heavy atom. The molecule has 5 heteroatoms. The predicted octanol–water partition coefficient (Wildman–Crippen LogP) is 6.19. The van der Waals surface area contributed by atoms with Crippen molar-refractivity contribution in [3.8, 4) is 0 Å². The maximum atomic E-state index is 12.9. The summed E-state index contributed by atoms with van der Waals surface area (Å²) in [5.41, 5.74) is 1.03. The van der Waals surface area contributed by atoms with E-state index in [0.29, 0.717) is 10.0 Å². The van der Waals surface area contributed by atoms with Crippen LogP contribution in [0, 0.1) is 5.82 Å². The van der Waals surface area contributed by atoms with E-state index in [9.17, 15) is 4.39 Å². The third kappa shape index (κ3) is 3.64. The minimum absolute atomic E-state index is 0.245. The highest BCUT2D eigenvalue weighted by molar-refractivity contribution is 9.10.